The molecule has 0 aliphatic carbocycles. The van der Waals surface area contributed by atoms with Gasteiger partial charge in [0.2, 0.25) is 0 Å². The first kappa shape index (κ1) is 13.6. The maximum Gasteiger partial charge on any atom is 0.0234 e. The highest BCUT2D eigenvalue weighted by Gasteiger charge is 2.15. The molecule has 1 heterocycles. The first-order valence-corrected chi connectivity index (χ1v) is 7.35. The van der Waals surface area contributed by atoms with E-state index in [9.17, 15) is 0 Å². The van der Waals surface area contributed by atoms with E-state index in [1.165, 1.54) is 43.6 Å². The van der Waals surface area contributed by atoms with Crippen LogP contribution in [0.5, 0.6) is 0 Å². The van der Waals surface area contributed by atoms with Crippen molar-refractivity contribution in [3.63, 3.8) is 0 Å². The summed E-state index contributed by atoms with van der Waals surface area (Å²) in [7, 11) is 0. The standard InChI is InChI=1S/C16H26N2/c1-3-14-6-8-15(9-7-14)12-18-11-5-10-17-16(4-2)13-18/h6-9,16-17H,3-5,10-13H2,1-2H3. The monoisotopic (exact) mass is 246 g/mol. The fourth-order valence-corrected chi connectivity index (χ4v) is 2.63. The third-order valence-electron chi connectivity index (χ3n) is 3.89. The third-order valence-corrected chi connectivity index (χ3v) is 3.89. The lowest BCUT2D eigenvalue weighted by molar-refractivity contribution is 0.257. The van der Waals surface area contributed by atoms with Crippen LogP contribution in [0.4, 0.5) is 0 Å². The molecule has 0 amide bonds. The lowest BCUT2D eigenvalue weighted by atomic mass is 10.1. The van der Waals surface area contributed by atoms with Gasteiger partial charge in [-0.1, -0.05) is 38.1 Å². The second kappa shape index (κ2) is 6.91. The molecule has 2 heteroatoms. The maximum atomic E-state index is 3.62. The van der Waals surface area contributed by atoms with Gasteiger partial charge in [0.05, 0.1) is 0 Å². The van der Waals surface area contributed by atoms with E-state index in [4.69, 9.17) is 0 Å². The van der Waals surface area contributed by atoms with Crippen LogP contribution in [0.1, 0.15) is 37.8 Å². The molecule has 1 saturated heterocycles. The van der Waals surface area contributed by atoms with Crippen LogP contribution in [0.25, 0.3) is 0 Å². The van der Waals surface area contributed by atoms with E-state index in [-0.39, 0.29) is 0 Å². The summed E-state index contributed by atoms with van der Waals surface area (Å²) in [4.78, 5) is 2.59. The van der Waals surface area contributed by atoms with Gasteiger partial charge in [-0.25, -0.2) is 0 Å². The zero-order valence-corrected chi connectivity index (χ0v) is 11.8. The van der Waals surface area contributed by atoms with E-state index in [2.05, 4.69) is 48.3 Å². The Labute approximate surface area is 111 Å². The van der Waals surface area contributed by atoms with Crippen LogP contribution in [0.2, 0.25) is 0 Å². The SMILES string of the molecule is CCc1ccc(CN2CCCNC(CC)C2)cc1. The number of hydrogen-bond acceptors (Lipinski definition) is 2. The summed E-state index contributed by atoms with van der Waals surface area (Å²) in [5.74, 6) is 0. The van der Waals surface area contributed by atoms with E-state index in [1.54, 1.807) is 0 Å². The number of rotatable bonds is 4. The van der Waals surface area contributed by atoms with E-state index in [0.29, 0.717) is 6.04 Å². The number of nitrogens with one attached hydrogen (secondary N) is 1. The fraction of sp³-hybridized carbons (Fsp3) is 0.625. The van der Waals surface area contributed by atoms with E-state index in [1.807, 2.05) is 0 Å². The minimum atomic E-state index is 0.669. The van der Waals surface area contributed by atoms with E-state index < -0.39 is 0 Å². The average Bonchev–Trinajstić information content (AvgIpc) is 2.65. The van der Waals surface area contributed by atoms with Crippen molar-refractivity contribution in [3.8, 4) is 0 Å². The van der Waals surface area contributed by atoms with Gasteiger partial charge in [0.25, 0.3) is 0 Å². The molecular weight excluding hydrogens is 220 g/mol. The van der Waals surface area contributed by atoms with Crippen LogP contribution in [0.15, 0.2) is 24.3 Å². The van der Waals surface area contributed by atoms with Crippen LogP contribution in [0.3, 0.4) is 0 Å². The first-order chi connectivity index (χ1) is 8.81. The van der Waals surface area contributed by atoms with Crippen molar-refractivity contribution in [3.05, 3.63) is 35.4 Å². The summed E-state index contributed by atoms with van der Waals surface area (Å²) in [5, 5.41) is 3.62. The highest BCUT2D eigenvalue weighted by atomic mass is 15.2. The summed E-state index contributed by atoms with van der Waals surface area (Å²) >= 11 is 0. The Hall–Kier alpha value is -0.860. The molecule has 0 spiro atoms. The quantitative estimate of drug-likeness (QED) is 0.879. The van der Waals surface area contributed by atoms with Gasteiger partial charge in [-0.3, -0.25) is 4.90 Å². The third kappa shape index (κ3) is 3.82. The second-order valence-electron chi connectivity index (χ2n) is 5.32. The summed E-state index contributed by atoms with van der Waals surface area (Å²) in [6.07, 6.45) is 3.63. The Bertz CT molecular complexity index is 345. The molecule has 1 aliphatic heterocycles. The van der Waals surface area contributed by atoms with Crippen LogP contribution in [-0.4, -0.2) is 30.6 Å². The molecule has 1 aliphatic rings. The van der Waals surface area contributed by atoms with Crippen molar-refractivity contribution in [2.24, 2.45) is 0 Å². The predicted molar refractivity (Wildman–Crippen MR) is 77.8 cm³/mol. The molecule has 1 aromatic carbocycles. The lowest BCUT2D eigenvalue weighted by Gasteiger charge is -2.23. The Morgan fingerprint density at radius 3 is 2.56 bits per heavy atom. The molecule has 0 aromatic heterocycles. The van der Waals surface area contributed by atoms with Gasteiger partial charge >= 0.3 is 0 Å². The molecule has 2 rings (SSSR count). The molecule has 100 valence electrons. The van der Waals surface area contributed by atoms with Crippen molar-refractivity contribution in [1.29, 1.82) is 0 Å². The van der Waals surface area contributed by atoms with Crippen LogP contribution in [-0.2, 0) is 13.0 Å². The van der Waals surface area contributed by atoms with E-state index in [0.717, 1.165) is 13.0 Å². The maximum absolute atomic E-state index is 3.62. The summed E-state index contributed by atoms with van der Waals surface area (Å²) in [6, 6.07) is 9.78. The summed E-state index contributed by atoms with van der Waals surface area (Å²) in [5.41, 5.74) is 2.88. The molecule has 2 nitrogen and oxygen atoms in total. The Morgan fingerprint density at radius 2 is 1.89 bits per heavy atom. The van der Waals surface area contributed by atoms with Crippen molar-refractivity contribution >= 4 is 0 Å². The molecule has 1 unspecified atom stereocenters. The van der Waals surface area contributed by atoms with Gasteiger partial charge < -0.3 is 5.32 Å². The van der Waals surface area contributed by atoms with Crippen molar-refractivity contribution < 1.29 is 0 Å². The number of benzene rings is 1. The number of aryl methyl sites for hydroxylation is 1. The Morgan fingerprint density at radius 1 is 1.17 bits per heavy atom. The fourth-order valence-electron chi connectivity index (χ4n) is 2.63. The van der Waals surface area contributed by atoms with Crippen molar-refractivity contribution in [1.82, 2.24) is 10.2 Å². The summed E-state index contributed by atoms with van der Waals surface area (Å²) in [6.45, 7) is 9.16. The van der Waals surface area contributed by atoms with Crippen molar-refractivity contribution in [2.45, 2.75) is 45.7 Å². The molecule has 1 aromatic rings. The summed E-state index contributed by atoms with van der Waals surface area (Å²) < 4.78 is 0. The zero-order chi connectivity index (χ0) is 12.8. The van der Waals surface area contributed by atoms with Gasteiger partial charge in [0, 0.05) is 19.1 Å². The smallest absolute Gasteiger partial charge is 0.0234 e. The van der Waals surface area contributed by atoms with E-state index >= 15 is 0 Å². The molecule has 1 N–H and O–H groups in total. The first-order valence-electron chi connectivity index (χ1n) is 7.35. The highest BCUT2D eigenvalue weighted by Crippen LogP contribution is 2.11. The molecule has 0 saturated carbocycles. The molecule has 0 radical (unpaired) electrons. The minimum Gasteiger partial charge on any atom is -0.313 e. The minimum absolute atomic E-state index is 0.669. The Kier molecular flexibility index (Phi) is 5.21. The van der Waals surface area contributed by atoms with Crippen LogP contribution >= 0.6 is 0 Å². The van der Waals surface area contributed by atoms with Crippen LogP contribution in [0, 0.1) is 0 Å². The van der Waals surface area contributed by atoms with Gasteiger partial charge in [-0.15, -0.1) is 0 Å². The highest BCUT2D eigenvalue weighted by molar-refractivity contribution is 5.22. The van der Waals surface area contributed by atoms with Gasteiger partial charge in [-0.05, 0) is 43.5 Å². The second-order valence-corrected chi connectivity index (χ2v) is 5.32. The van der Waals surface area contributed by atoms with Gasteiger partial charge in [0.1, 0.15) is 0 Å². The van der Waals surface area contributed by atoms with Gasteiger partial charge in [0.15, 0.2) is 0 Å². The van der Waals surface area contributed by atoms with Gasteiger partial charge in [-0.2, -0.15) is 0 Å². The van der Waals surface area contributed by atoms with Crippen LogP contribution < -0.4 is 5.32 Å². The molecule has 18 heavy (non-hydrogen) atoms. The zero-order valence-electron chi connectivity index (χ0n) is 11.8. The molecule has 1 fully saturated rings. The molecule has 0 bridgehead atoms. The van der Waals surface area contributed by atoms with Crippen molar-refractivity contribution in [2.75, 3.05) is 19.6 Å². The average molecular weight is 246 g/mol. The largest absolute Gasteiger partial charge is 0.313 e. The normalized spacial score (nSPS) is 21.8. The lowest BCUT2D eigenvalue weighted by Crippen LogP contribution is -2.36. The predicted octanol–water partition coefficient (Wildman–Crippen LogP) is 2.82. The topological polar surface area (TPSA) is 15.3 Å². The molecule has 1 atom stereocenters. The molecular formula is C16H26N2. The number of nitrogens with zero attached hydrogens (tertiary/aromatic N) is 1. The number of hydrogen-bond donors (Lipinski definition) is 1. The Balaban J connectivity index is 1.93.